The molecule has 0 atom stereocenters. The number of nitro benzene ring substituents is 1. The minimum absolute atomic E-state index is 0.112. The Morgan fingerprint density at radius 3 is 2.47 bits per heavy atom. The molecular weight excluding hydrogens is 455 g/mol. The fourth-order valence-corrected chi connectivity index (χ4v) is 5.11. The Balaban J connectivity index is 1.77. The summed E-state index contributed by atoms with van der Waals surface area (Å²) in [5, 5.41) is 18.4. The van der Waals surface area contributed by atoms with Gasteiger partial charge in [0.2, 0.25) is 0 Å². The Labute approximate surface area is 180 Å². The molecule has 0 fully saturated rings. The highest BCUT2D eigenvalue weighted by Crippen LogP contribution is 2.34. The first kappa shape index (κ1) is 20.3. The van der Waals surface area contributed by atoms with Crippen LogP contribution in [0.25, 0.3) is 5.69 Å². The third-order valence-electron chi connectivity index (χ3n) is 4.50. The van der Waals surface area contributed by atoms with Gasteiger partial charge in [0.25, 0.3) is 11.6 Å². The van der Waals surface area contributed by atoms with Crippen molar-refractivity contribution in [3.05, 3.63) is 79.4 Å². The molecule has 154 valence electrons. The van der Waals surface area contributed by atoms with E-state index in [2.05, 4.69) is 10.4 Å². The summed E-state index contributed by atoms with van der Waals surface area (Å²) in [5.41, 5.74) is 1.13. The summed E-state index contributed by atoms with van der Waals surface area (Å²) >= 11 is 12.0. The van der Waals surface area contributed by atoms with E-state index < -0.39 is 20.7 Å². The number of nitrogens with one attached hydrogen (secondary N) is 1. The number of carbonyl (C=O) groups is 1. The van der Waals surface area contributed by atoms with Crippen LogP contribution in [-0.4, -0.2) is 29.0 Å². The van der Waals surface area contributed by atoms with Gasteiger partial charge >= 0.3 is 0 Å². The number of aromatic nitrogens is 2. The summed E-state index contributed by atoms with van der Waals surface area (Å²) in [6.45, 7) is 0. The smallest absolute Gasteiger partial charge is 0.269 e. The van der Waals surface area contributed by atoms with Crippen molar-refractivity contribution in [3.63, 3.8) is 0 Å². The fourth-order valence-electron chi connectivity index (χ4n) is 3.12. The normalized spacial score (nSPS) is 14.3. The van der Waals surface area contributed by atoms with Crippen LogP contribution in [0.3, 0.4) is 0 Å². The number of benzene rings is 2. The Morgan fingerprint density at radius 1 is 1.13 bits per heavy atom. The quantitative estimate of drug-likeness (QED) is 0.460. The van der Waals surface area contributed by atoms with Crippen LogP contribution < -0.4 is 5.32 Å². The number of rotatable bonds is 4. The summed E-state index contributed by atoms with van der Waals surface area (Å²) in [7, 11) is -3.38. The number of amides is 1. The van der Waals surface area contributed by atoms with Gasteiger partial charge in [0.15, 0.2) is 9.84 Å². The van der Waals surface area contributed by atoms with Crippen LogP contribution in [-0.2, 0) is 21.3 Å². The van der Waals surface area contributed by atoms with Gasteiger partial charge in [0.1, 0.15) is 5.82 Å². The Hall–Kier alpha value is -2.95. The number of hydrogen-bond donors (Lipinski definition) is 1. The molecule has 1 N–H and O–H groups in total. The van der Waals surface area contributed by atoms with E-state index in [0.717, 1.165) is 0 Å². The highest BCUT2D eigenvalue weighted by Gasteiger charge is 2.33. The number of non-ortho nitro benzene ring substituents is 1. The molecule has 2 heterocycles. The summed E-state index contributed by atoms with van der Waals surface area (Å²) in [4.78, 5) is 23.2. The van der Waals surface area contributed by atoms with Gasteiger partial charge in [-0.25, -0.2) is 13.1 Å². The lowest BCUT2D eigenvalue weighted by Crippen LogP contribution is -2.17. The van der Waals surface area contributed by atoms with Gasteiger partial charge in [0.05, 0.1) is 38.4 Å². The largest absolute Gasteiger partial charge is 0.306 e. The van der Waals surface area contributed by atoms with Crippen molar-refractivity contribution in [2.24, 2.45) is 0 Å². The number of halogens is 2. The standard InChI is InChI=1S/C18H12Cl2N4O5S/c19-10-1-6-13(15(20)7-10)18(25)21-17-14-8-30(28,29)9-16(14)22-23(17)11-2-4-12(5-3-11)24(26)27/h1-7H,8-9H2,(H,21,25). The second kappa shape index (κ2) is 7.38. The molecule has 3 aromatic rings. The van der Waals surface area contributed by atoms with Gasteiger partial charge < -0.3 is 5.32 Å². The van der Waals surface area contributed by atoms with Crippen molar-refractivity contribution in [2.75, 3.05) is 5.32 Å². The minimum Gasteiger partial charge on any atom is -0.306 e. The molecule has 1 amide bonds. The molecule has 0 aliphatic carbocycles. The Bertz CT molecular complexity index is 1300. The topological polar surface area (TPSA) is 124 Å². The number of sulfone groups is 1. The SMILES string of the molecule is O=C(Nc1c2c(nn1-c1ccc([N+](=O)[O-])cc1)CS(=O)(=O)C2)c1ccc(Cl)cc1Cl. The summed E-state index contributed by atoms with van der Waals surface area (Å²) < 4.78 is 25.4. The molecule has 0 saturated carbocycles. The molecule has 1 aliphatic rings. The third kappa shape index (κ3) is 3.76. The van der Waals surface area contributed by atoms with Crippen molar-refractivity contribution in [3.8, 4) is 5.69 Å². The molecule has 30 heavy (non-hydrogen) atoms. The van der Waals surface area contributed by atoms with E-state index in [1.165, 1.54) is 47.1 Å². The zero-order chi connectivity index (χ0) is 21.6. The van der Waals surface area contributed by atoms with Crippen molar-refractivity contribution in [1.82, 2.24) is 9.78 Å². The highest BCUT2D eigenvalue weighted by molar-refractivity contribution is 7.90. The number of nitrogens with zero attached hydrogens (tertiary/aromatic N) is 3. The molecule has 0 unspecified atom stereocenters. The number of hydrogen-bond acceptors (Lipinski definition) is 6. The Kier molecular flexibility index (Phi) is 5.00. The molecule has 0 radical (unpaired) electrons. The number of anilines is 1. The van der Waals surface area contributed by atoms with E-state index in [-0.39, 0.29) is 33.6 Å². The number of carbonyl (C=O) groups excluding carboxylic acids is 1. The van der Waals surface area contributed by atoms with Crippen LogP contribution in [0.2, 0.25) is 10.0 Å². The third-order valence-corrected chi connectivity index (χ3v) is 6.49. The molecule has 9 nitrogen and oxygen atoms in total. The van der Waals surface area contributed by atoms with Gasteiger partial charge in [-0.2, -0.15) is 5.10 Å². The first-order chi connectivity index (χ1) is 14.1. The summed E-state index contributed by atoms with van der Waals surface area (Å²) in [5.74, 6) is -0.950. The van der Waals surface area contributed by atoms with E-state index in [1.54, 1.807) is 0 Å². The molecule has 0 spiro atoms. The Morgan fingerprint density at radius 2 is 1.83 bits per heavy atom. The summed E-state index contributed by atoms with van der Waals surface area (Å²) in [6.07, 6.45) is 0. The second-order valence-corrected chi connectivity index (χ2v) is 9.48. The van der Waals surface area contributed by atoms with Crippen molar-refractivity contribution in [1.29, 1.82) is 0 Å². The van der Waals surface area contributed by atoms with Gasteiger partial charge in [-0.1, -0.05) is 23.2 Å². The molecule has 0 bridgehead atoms. The minimum atomic E-state index is -3.38. The fraction of sp³-hybridized carbons (Fsp3) is 0.111. The second-order valence-electron chi connectivity index (χ2n) is 6.57. The lowest BCUT2D eigenvalue weighted by Gasteiger charge is -2.12. The van der Waals surface area contributed by atoms with Crippen molar-refractivity contribution in [2.45, 2.75) is 11.5 Å². The molecular formula is C18H12Cl2N4O5S. The highest BCUT2D eigenvalue weighted by atomic mass is 35.5. The van der Waals surface area contributed by atoms with E-state index in [4.69, 9.17) is 23.2 Å². The van der Waals surface area contributed by atoms with E-state index in [0.29, 0.717) is 22.0 Å². The number of fused-ring (bicyclic) bond motifs is 1. The molecule has 2 aromatic carbocycles. The maximum absolute atomic E-state index is 12.8. The average molecular weight is 467 g/mol. The predicted octanol–water partition coefficient (Wildman–Crippen LogP) is 3.77. The van der Waals surface area contributed by atoms with Gasteiger partial charge in [-0.05, 0) is 30.3 Å². The van der Waals surface area contributed by atoms with Crippen LogP contribution in [0.5, 0.6) is 0 Å². The van der Waals surface area contributed by atoms with Crippen LogP contribution in [0.15, 0.2) is 42.5 Å². The van der Waals surface area contributed by atoms with Gasteiger partial charge in [-0.3, -0.25) is 14.9 Å². The molecule has 0 saturated heterocycles. The molecule has 4 rings (SSSR count). The first-order valence-electron chi connectivity index (χ1n) is 8.47. The summed E-state index contributed by atoms with van der Waals surface area (Å²) in [6, 6.07) is 9.87. The maximum Gasteiger partial charge on any atom is 0.269 e. The lowest BCUT2D eigenvalue weighted by molar-refractivity contribution is -0.384. The average Bonchev–Trinajstić information content (AvgIpc) is 3.14. The zero-order valence-corrected chi connectivity index (χ0v) is 17.3. The molecule has 1 aliphatic heterocycles. The van der Waals surface area contributed by atoms with Crippen LogP contribution >= 0.6 is 23.2 Å². The monoisotopic (exact) mass is 466 g/mol. The first-order valence-corrected chi connectivity index (χ1v) is 11.0. The van der Waals surface area contributed by atoms with Crippen LogP contribution in [0.1, 0.15) is 21.6 Å². The van der Waals surface area contributed by atoms with Crippen molar-refractivity contribution >= 4 is 50.5 Å². The zero-order valence-electron chi connectivity index (χ0n) is 15.0. The van der Waals surface area contributed by atoms with Crippen LogP contribution in [0.4, 0.5) is 11.5 Å². The van der Waals surface area contributed by atoms with Gasteiger partial charge in [0, 0.05) is 22.7 Å². The van der Waals surface area contributed by atoms with Crippen LogP contribution in [0, 0.1) is 10.1 Å². The molecule has 12 heteroatoms. The van der Waals surface area contributed by atoms with Gasteiger partial charge in [-0.15, -0.1) is 0 Å². The maximum atomic E-state index is 12.8. The number of nitro groups is 1. The van der Waals surface area contributed by atoms with Crippen molar-refractivity contribution < 1.29 is 18.1 Å². The van der Waals surface area contributed by atoms with E-state index in [1.807, 2.05) is 0 Å². The van der Waals surface area contributed by atoms with E-state index in [9.17, 15) is 23.3 Å². The van der Waals surface area contributed by atoms with E-state index >= 15 is 0 Å². The predicted molar refractivity (Wildman–Crippen MR) is 111 cm³/mol. The lowest BCUT2D eigenvalue weighted by atomic mass is 10.2. The molecule has 1 aromatic heterocycles.